The molecule has 3 N–H and O–H groups in total. The van der Waals surface area contributed by atoms with E-state index in [9.17, 15) is 0 Å². The molecule has 5 nitrogen and oxygen atoms in total. The van der Waals surface area contributed by atoms with Crippen LogP contribution in [0.4, 0.5) is 0 Å². The second-order valence-electron chi connectivity index (χ2n) is 5.26. The number of ether oxygens (including phenoxy) is 1. The van der Waals surface area contributed by atoms with Gasteiger partial charge < -0.3 is 20.6 Å². The molecule has 1 fully saturated rings. The Labute approximate surface area is 120 Å². The molecule has 110 valence electrons. The van der Waals surface area contributed by atoms with Crippen molar-refractivity contribution in [3.05, 3.63) is 29.8 Å². The van der Waals surface area contributed by atoms with E-state index in [1.165, 1.54) is 5.56 Å². The number of hydrogen-bond acceptors (Lipinski definition) is 4. The quantitative estimate of drug-likeness (QED) is 0.372. The van der Waals surface area contributed by atoms with Crippen LogP contribution in [0, 0.1) is 5.92 Å². The highest BCUT2D eigenvalue weighted by Crippen LogP contribution is 2.17. The van der Waals surface area contributed by atoms with E-state index in [-0.39, 0.29) is 5.92 Å². The Morgan fingerprint density at radius 3 is 2.85 bits per heavy atom. The molecule has 1 saturated heterocycles. The maximum atomic E-state index is 8.76. The Morgan fingerprint density at radius 1 is 1.45 bits per heavy atom. The molecule has 0 aromatic heterocycles. The smallest absolute Gasteiger partial charge is 0.143 e. The van der Waals surface area contributed by atoms with Crippen LogP contribution in [0.25, 0.3) is 0 Å². The van der Waals surface area contributed by atoms with Crippen LogP contribution >= 0.6 is 0 Å². The lowest BCUT2D eigenvalue weighted by Crippen LogP contribution is -2.42. The molecule has 1 heterocycles. The molecule has 20 heavy (non-hydrogen) atoms. The standard InChI is InChI=1S/C15H23N3O2/c1-20-14-6-4-12(5-7-14)8-10-18-9-2-3-13(11-18)15(16)17-19/h4-7,13,19H,2-3,8-11H2,1H3,(H2,16,17). The molecular formula is C15H23N3O2. The second-order valence-corrected chi connectivity index (χ2v) is 5.26. The van der Waals surface area contributed by atoms with E-state index in [0.29, 0.717) is 5.84 Å². The molecule has 1 aliphatic rings. The lowest BCUT2D eigenvalue weighted by molar-refractivity contribution is 0.202. The van der Waals surface area contributed by atoms with Crippen LogP contribution in [0.1, 0.15) is 18.4 Å². The Morgan fingerprint density at radius 2 is 2.20 bits per heavy atom. The maximum Gasteiger partial charge on any atom is 0.143 e. The van der Waals surface area contributed by atoms with Gasteiger partial charge in [-0.3, -0.25) is 0 Å². The minimum absolute atomic E-state index is 0.185. The first-order valence-electron chi connectivity index (χ1n) is 7.05. The Hall–Kier alpha value is -1.75. The van der Waals surface area contributed by atoms with Gasteiger partial charge in [-0.2, -0.15) is 0 Å². The molecule has 0 radical (unpaired) electrons. The van der Waals surface area contributed by atoms with Crippen molar-refractivity contribution in [1.82, 2.24) is 4.90 Å². The largest absolute Gasteiger partial charge is 0.497 e. The number of oxime groups is 1. The molecule has 0 amide bonds. The fraction of sp³-hybridized carbons (Fsp3) is 0.533. The van der Waals surface area contributed by atoms with Gasteiger partial charge >= 0.3 is 0 Å². The van der Waals surface area contributed by atoms with Crippen molar-refractivity contribution >= 4 is 5.84 Å². The molecule has 2 rings (SSSR count). The van der Waals surface area contributed by atoms with E-state index in [1.807, 2.05) is 12.1 Å². The molecule has 5 heteroatoms. The van der Waals surface area contributed by atoms with Gasteiger partial charge in [0.05, 0.1) is 7.11 Å². The number of piperidine rings is 1. The summed E-state index contributed by atoms with van der Waals surface area (Å²) < 4.78 is 5.16. The van der Waals surface area contributed by atoms with Crippen LogP contribution in [0.2, 0.25) is 0 Å². The van der Waals surface area contributed by atoms with Crippen LogP contribution < -0.4 is 10.5 Å². The van der Waals surface area contributed by atoms with Gasteiger partial charge in [-0.1, -0.05) is 17.3 Å². The summed E-state index contributed by atoms with van der Waals surface area (Å²) in [6.45, 7) is 2.97. The van der Waals surface area contributed by atoms with Gasteiger partial charge in [0.1, 0.15) is 11.6 Å². The number of likely N-dealkylation sites (tertiary alicyclic amines) is 1. The molecule has 1 aliphatic heterocycles. The Balaban J connectivity index is 1.83. The van der Waals surface area contributed by atoms with Gasteiger partial charge in [-0.15, -0.1) is 0 Å². The highest BCUT2D eigenvalue weighted by Gasteiger charge is 2.22. The summed E-state index contributed by atoms with van der Waals surface area (Å²) in [7, 11) is 1.68. The van der Waals surface area contributed by atoms with Gasteiger partial charge in [0.2, 0.25) is 0 Å². The maximum absolute atomic E-state index is 8.76. The zero-order chi connectivity index (χ0) is 14.4. The fourth-order valence-electron chi connectivity index (χ4n) is 2.66. The monoisotopic (exact) mass is 277 g/mol. The van der Waals surface area contributed by atoms with Gasteiger partial charge in [-0.05, 0) is 43.5 Å². The predicted octanol–water partition coefficient (Wildman–Crippen LogP) is 1.70. The number of nitrogens with zero attached hydrogens (tertiary/aromatic N) is 2. The normalized spacial score (nSPS) is 20.9. The fourth-order valence-corrected chi connectivity index (χ4v) is 2.66. The highest BCUT2D eigenvalue weighted by molar-refractivity contribution is 5.82. The molecule has 0 bridgehead atoms. The molecule has 0 saturated carbocycles. The van der Waals surface area contributed by atoms with E-state index in [2.05, 4.69) is 22.2 Å². The van der Waals surface area contributed by atoms with E-state index in [4.69, 9.17) is 15.7 Å². The third kappa shape index (κ3) is 3.87. The minimum atomic E-state index is 0.185. The molecule has 1 atom stereocenters. The summed E-state index contributed by atoms with van der Waals surface area (Å²) in [5, 5.41) is 11.9. The topological polar surface area (TPSA) is 71.1 Å². The summed E-state index contributed by atoms with van der Waals surface area (Å²) >= 11 is 0. The number of nitrogens with two attached hydrogens (primary N) is 1. The van der Waals surface area contributed by atoms with Crippen LogP contribution in [-0.2, 0) is 6.42 Å². The number of rotatable bonds is 5. The van der Waals surface area contributed by atoms with Crippen LogP contribution in [0.5, 0.6) is 5.75 Å². The number of hydrogen-bond donors (Lipinski definition) is 2. The molecule has 1 aromatic carbocycles. The first kappa shape index (κ1) is 14.7. The number of amidine groups is 1. The third-order valence-electron chi connectivity index (χ3n) is 3.92. The van der Waals surface area contributed by atoms with Crippen LogP contribution in [0.3, 0.4) is 0 Å². The molecule has 1 unspecified atom stereocenters. The van der Waals surface area contributed by atoms with Crippen molar-refractivity contribution in [3.8, 4) is 5.75 Å². The van der Waals surface area contributed by atoms with Crippen molar-refractivity contribution in [1.29, 1.82) is 0 Å². The number of benzene rings is 1. The summed E-state index contributed by atoms with van der Waals surface area (Å²) in [4.78, 5) is 2.39. The van der Waals surface area contributed by atoms with Crippen molar-refractivity contribution in [2.24, 2.45) is 16.8 Å². The highest BCUT2D eigenvalue weighted by atomic mass is 16.5. The van der Waals surface area contributed by atoms with E-state index in [0.717, 1.165) is 44.6 Å². The molecular weight excluding hydrogens is 254 g/mol. The zero-order valence-electron chi connectivity index (χ0n) is 12.0. The van der Waals surface area contributed by atoms with Crippen LogP contribution in [-0.4, -0.2) is 42.7 Å². The number of methoxy groups -OCH3 is 1. The Bertz CT molecular complexity index is 445. The predicted molar refractivity (Wildman–Crippen MR) is 79.3 cm³/mol. The van der Waals surface area contributed by atoms with Gasteiger partial charge in [0.25, 0.3) is 0 Å². The SMILES string of the molecule is COc1ccc(CCN2CCCC(/C(N)=N/O)C2)cc1. The first-order chi connectivity index (χ1) is 9.72. The lowest BCUT2D eigenvalue weighted by Gasteiger charge is -2.31. The molecule has 0 spiro atoms. The average Bonchev–Trinajstić information content (AvgIpc) is 2.53. The lowest BCUT2D eigenvalue weighted by atomic mass is 9.96. The van der Waals surface area contributed by atoms with E-state index >= 15 is 0 Å². The van der Waals surface area contributed by atoms with E-state index in [1.54, 1.807) is 7.11 Å². The summed E-state index contributed by atoms with van der Waals surface area (Å²) in [5.41, 5.74) is 7.01. The van der Waals surface area contributed by atoms with Crippen LogP contribution in [0.15, 0.2) is 29.4 Å². The van der Waals surface area contributed by atoms with E-state index < -0.39 is 0 Å². The summed E-state index contributed by atoms with van der Waals surface area (Å²) in [6.07, 6.45) is 3.12. The van der Waals surface area contributed by atoms with Gasteiger partial charge in [0, 0.05) is 19.0 Å². The summed E-state index contributed by atoms with van der Waals surface area (Å²) in [6, 6.07) is 8.18. The average molecular weight is 277 g/mol. The molecule has 0 aliphatic carbocycles. The van der Waals surface area contributed by atoms with Crippen molar-refractivity contribution in [3.63, 3.8) is 0 Å². The second kappa shape index (κ2) is 7.14. The van der Waals surface area contributed by atoms with Gasteiger partial charge in [0.15, 0.2) is 0 Å². The minimum Gasteiger partial charge on any atom is -0.497 e. The van der Waals surface area contributed by atoms with Crippen molar-refractivity contribution in [2.45, 2.75) is 19.3 Å². The third-order valence-corrected chi connectivity index (χ3v) is 3.92. The first-order valence-corrected chi connectivity index (χ1v) is 7.05. The molecule has 1 aromatic rings. The zero-order valence-corrected chi connectivity index (χ0v) is 12.0. The van der Waals surface area contributed by atoms with Crippen molar-refractivity contribution in [2.75, 3.05) is 26.7 Å². The summed E-state index contributed by atoms with van der Waals surface area (Å²) in [5.74, 6) is 1.43. The Kier molecular flexibility index (Phi) is 5.24. The van der Waals surface area contributed by atoms with Crippen molar-refractivity contribution < 1.29 is 9.94 Å². The van der Waals surface area contributed by atoms with Gasteiger partial charge in [-0.25, -0.2) is 0 Å².